The van der Waals surface area contributed by atoms with E-state index in [0.29, 0.717) is 0 Å². The van der Waals surface area contributed by atoms with Crippen LogP contribution in [-0.2, 0) is 4.74 Å². The molecule has 1 aromatic carbocycles. The summed E-state index contributed by atoms with van der Waals surface area (Å²) in [6.45, 7) is 0. The van der Waals surface area contributed by atoms with Gasteiger partial charge in [-0.3, -0.25) is 0 Å². The van der Waals surface area contributed by atoms with Crippen molar-refractivity contribution < 1.29 is 4.74 Å². The van der Waals surface area contributed by atoms with Crippen molar-refractivity contribution in [3.05, 3.63) is 34.9 Å². The Morgan fingerprint density at radius 1 is 1.22 bits per heavy atom. The van der Waals surface area contributed by atoms with Gasteiger partial charge >= 0.3 is 0 Å². The van der Waals surface area contributed by atoms with E-state index in [4.69, 9.17) is 22.1 Å². The van der Waals surface area contributed by atoms with Crippen LogP contribution in [0.1, 0.15) is 50.1 Å². The fourth-order valence-corrected chi connectivity index (χ4v) is 3.17. The van der Waals surface area contributed by atoms with Crippen LogP contribution in [0.15, 0.2) is 24.3 Å². The Bertz CT molecular complexity index is 386. The average molecular weight is 268 g/mol. The van der Waals surface area contributed by atoms with Crippen LogP contribution in [0.2, 0.25) is 5.02 Å². The minimum atomic E-state index is -0.221. The minimum absolute atomic E-state index is 0.0979. The van der Waals surface area contributed by atoms with Gasteiger partial charge in [-0.15, -0.1) is 0 Å². The summed E-state index contributed by atoms with van der Waals surface area (Å²) in [5.41, 5.74) is 7.32. The fraction of sp³-hybridized carbons (Fsp3) is 0.600. The lowest BCUT2D eigenvalue weighted by molar-refractivity contribution is -0.0442. The van der Waals surface area contributed by atoms with Crippen LogP contribution < -0.4 is 5.73 Å². The Labute approximate surface area is 114 Å². The predicted octanol–water partition coefficient (Wildman–Crippen LogP) is 4.08. The molecular formula is C15H22ClNO. The Balaban J connectivity index is 2.25. The largest absolute Gasteiger partial charge is 0.376 e. The molecule has 0 bridgehead atoms. The van der Waals surface area contributed by atoms with E-state index in [1.54, 1.807) is 7.11 Å². The first-order chi connectivity index (χ1) is 8.68. The topological polar surface area (TPSA) is 35.2 Å². The van der Waals surface area contributed by atoms with E-state index in [9.17, 15) is 0 Å². The first kappa shape index (κ1) is 13.9. The van der Waals surface area contributed by atoms with E-state index >= 15 is 0 Å². The summed E-state index contributed by atoms with van der Waals surface area (Å²) in [4.78, 5) is 0. The molecule has 0 radical (unpaired) electrons. The van der Waals surface area contributed by atoms with Gasteiger partial charge < -0.3 is 10.5 Å². The molecule has 0 amide bonds. The average Bonchev–Trinajstić information content (AvgIpc) is 2.64. The lowest BCUT2D eigenvalue weighted by atomic mass is 9.83. The molecule has 1 aliphatic rings. The Morgan fingerprint density at radius 3 is 2.44 bits per heavy atom. The maximum Gasteiger partial charge on any atom is 0.0870 e. The third-order valence-electron chi connectivity index (χ3n) is 4.13. The fourth-order valence-electron chi connectivity index (χ4n) is 2.97. The van der Waals surface area contributed by atoms with Gasteiger partial charge in [0, 0.05) is 12.1 Å². The molecule has 1 atom stereocenters. The molecule has 3 heteroatoms. The molecule has 100 valence electrons. The molecule has 0 aromatic heterocycles. The third kappa shape index (κ3) is 2.87. The van der Waals surface area contributed by atoms with E-state index in [2.05, 4.69) is 0 Å². The molecule has 0 spiro atoms. The van der Waals surface area contributed by atoms with Crippen LogP contribution in [0.25, 0.3) is 0 Å². The summed E-state index contributed by atoms with van der Waals surface area (Å²) in [6, 6.07) is 7.74. The summed E-state index contributed by atoms with van der Waals surface area (Å²) in [6.07, 6.45) is 7.04. The van der Waals surface area contributed by atoms with Crippen molar-refractivity contribution in [1.29, 1.82) is 0 Å². The molecule has 0 aliphatic heterocycles. The van der Waals surface area contributed by atoms with Gasteiger partial charge in [0.15, 0.2) is 0 Å². The molecule has 1 saturated carbocycles. The second-order valence-electron chi connectivity index (χ2n) is 5.22. The molecule has 1 aromatic rings. The number of benzene rings is 1. The van der Waals surface area contributed by atoms with E-state index in [1.807, 2.05) is 24.3 Å². The summed E-state index contributed by atoms with van der Waals surface area (Å²) in [7, 11) is 1.79. The number of nitrogens with two attached hydrogens (primary N) is 1. The maximum absolute atomic E-state index is 6.47. The second-order valence-corrected chi connectivity index (χ2v) is 5.65. The molecule has 1 aliphatic carbocycles. The summed E-state index contributed by atoms with van der Waals surface area (Å²) in [5, 5.41) is 0.739. The Hall–Kier alpha value is -0.570. The molecule has 2 N–H and O–H groups in total. The number of rotatable bonds is 3. The van der Waals surface area contributed by atoms with E-state index in [1.165, 1.54) is 25.7 Å². The predicted molar refractivity (Wildman–Crippen MR) is 75.8 cm³/mol. The van der Waals surface area contributed by atoms with Crippen LogP contribution in [0.4, 0.5) is 0 Å². The number of halogens is 1. The highest BCUT2D eigenvalue weighted by Gasteiger charge is 2.37. The van der Waals surface area contributed by atoms with Gasteiger partial charge in [0.1, 0.15) is 0 Å². The summed E-state index contributed by atoms with van der Waals surface area (Å²) in [5.74, 6) is 0. The third-order valence-corrected chi connectivity index (χ3v) is 4.37. The van der Waals surface area contributed by atoms with Gasteiger partial charge in [-0.1, -0.05) is 49.4 Å². The zero-order valence-corrected chi connectivity index (χ0v) is 11.7. The van der Waals surface area contributed by atoms with Crippen LogP contribution in [0.5, 0.6) is 0 Å². The van der Waals surface area contributed by atoms with Gasteiger partial charge in [-0.05, 0) is 30.5 Å². The number of hydrogen-bond acceptors (Lipinski definition) is 2. The normalized spacial score (nSPS) is 21.3. The molecule has 1 unspecified atom stereocenters. The van der Waals surface area contributed by atoms with Crippen LogP contribution in [0, 0.1) is 0 Å². The summed E-state index contributed by atoms with van der Waals surface area (Å²) < 4.78 is 5.85. The first-order valence-electron chi connectivity index (χ1n) is 6.74. The van der Waals surface area contributed by atoms with Gasteiger partial charge in [0.05, 0.1) is 11.6 Å². The highest BCUT2D eigenvalue weighted by Crippen LogP contribution is 2.39. The van der Waals surface area contributed by atoms with Crippen molar-refractivity contribution in [3.8, 4) is 0 Å². The molecule has 2 rings (SSSR count). The smallest absolute Gasteiger partial charge is 0.0870 e. The lowest BCUT2D eigenvalue weighted by Crippen LogP contribution is -2.42. The minimum Gasteiger partial charge on any atom is -0.376 e. The summed E-state index contributed by atoms with van der Waals surface area (Å²) >= 11 is 6.05. The standard InChI is InChI=1S/C15H22ClNO/c1-18-15(9-4-2-3-5-10-15)14(17)12-7-6-8-13(16)11-12/h6-8,11,14H,2-5,9-10,17H2,1H3. The Kier molecular flexibility index (Phi) is 4.66. The van der Waals surface area contributed by atoms with E-state index in [-0.39, 0.29) is 11.6 Å². The molecule has 18 heavy (non-hydrogen) atoms. The zero-order valence-electron chi connectivity index (χ0n) is 11.0. The van der Waals surface area contributed by atoms with Crippen molar-refractivity contribution >= 4 is 11.6 Å². The molecule has 0 saturated heterocycles. The second kappa shape index (κ2) is 6.05. The van der Waals surface area contributed by atoms with Crippen LogP contribution in [0.3, 0.4) is 0 Å². The van der Waals surface area contributed by atoms with Crippen molar-refractivity contribution in [2.24, 2.45) is 5.73 Å². The number of methoxy groups -OCH3 is 1. The van der Waals surface area contributed by atoms with Gasteiger partial charge in [0.2, 0.25) is 0 Å². The number of ether oxygens (including phenoxy) is 1. The molecule has 0 heterocycles. The highest BCUT2D eigenvalue weighted by atomic mass is 35.5. The van der Waals surface area contributed by atoms with E-state index < -0.39 is 0 Å². The zero-order chi connectivity index (χ0) is 13.0. The van der Waals surface area contributed by atoms with Gasteiger partial charge in [-0.25, -0.2) is 0 Å². The molecule has 2 nitrogen and oxygen atoms in total. The Morgan fingerprint density at radius 2 is 1.89 bits per heavy atom. The van der Waals surface area contributed by atoms with Gasteiger partial charge in [0.25, 0.3) is 0 Å². The van der Waals surface area contributed by atoms with E-state index in [0.717, 1.165) is 23.4 Å². The van der Waals surface area contributed by atoms with Crippen LogP contribution >= 0.6 is 11.6 Å². The van der Waals surface area contributed by atoms with Crippen molar-refractivity contribution in [2.75, 3.05) is 7.11 Å². The first-order valence-corrected chi connectivity index (χ1v) is 7.12. The quantitative estimate of drug-likeness (QED) is 0.838. The number of hydrogen-bond donors (Lipinski definition) is 1. The van der Waals surface area contributed by atoms with Crippen molar-refractivity contribution in [3.63, 3.8) is 0 Å². The van der Waals surface area contributed by atoms with Crippen molar-refractivity contribution in [2.45, 2.75) is 50.2 Å². The lowest BCUT2D eigenvalue weighted by Gasteiger charge is -2.37. The van der Waals surface area contributed by atoms with Crippen LogP contribution in [-0.4, -0.2) is 12.7 Å². The SMILES string of the molecule is COC1(C(N)c2cccc(Cl)c2)CCCCCC1. The van der Waals surface area contributed by atoms with Gasteiger partial charge in [-0.2, -0.15) is 0 Å². The molecule has 1 fully saturated rings. The highest BCUT2D eigenvalue weighted by molar-refractivity contribution is 6.30. The molecular weight excluding hydrogens is 246 g/mol. The monoisotopic (exact) mass is 267 g/mol. The van der Waals surface area contributed by atoms with Crippen molar-refractivity contribution in [1.82, 2.24) is 0 Å². The maximum atomic E-state index is 6.47.